The van der Waals surface area contributed by atoms with E-state index in [0.717, 1.165) is 57.1 Å². The molecule has 32 heavy (non-hydrogen) atoms. The molecule has 6 heteroatoms. The molecule has 1 aliphatic heterocycles. The number of ether oxygens (including phenoxy) is 2. The van der Waals surface area contributed by atoms with Gasteiger partial charge in [0.2, 0.25) is 0 Å². The van der Waals surface area contributed by atoms with Crippen LogP contribution in [0.5, 0.6) is 11.5 Å². The number of benzene rings is 2. The first-order chi connectivity index (χ1) is 15.6. The minimum Gasteiger partial charge on any atom is -0.497 e. The van der Waals surface area contributed by atoms with Crippen molar-refractivity contribution < 1.29 is 23.9 Å². The average molecular weight is 438 g/mol. The van der Waals surface area contributed by atoms with Gasteiger partial charge in [0.25, 0.3) is 11.8 Å². The molecule has 0 atom stereocenters. The third kappa shape index (κ3) is 6.42. The number of hydrogen-bond acceptors (Lipinski definition) is 5. The Balaban J connectivity index is 1.18. The summed E-state index contributed by atoms with van der Waals surface area (Å²) in [4.78, 5) is 37.9. The van der Waals surface area contributed by atoms with Gasteiger partial charge in [0.1, 0.15) is 11.5 Å². The highest BCUT2D eigenvalue weighted by Gasteiger charge is 2.34. The van der Waals surface area contributed by atoms with E-state index in [4.69, 9.17) is 9.47 Å². The fourth-order valence-corrected chi connectivity index (χ4v) is 3.87. The van der Waals surface area contributed by atoms with Crippen LogP contribution in [0.4, 0.5) is 0 Å². The summed E-state index contributed by atoms with van der Waals surface area (Å²) < 4.78 is 10.4. The number of methoxy groups -OCH3 is 1. The van der Waals surface area contributed by atoms with Crippen LogP contribution in [0.3, 0.4) is 0 Å². The van der Waals surface area contributed by atoms with E-state index >= 15 is 0 Å². The Morgan fingerprint density at radius 1 is 0.719 bits per heavy atom. The molecule has 0 radical (unpaired) electrons. The van der Waals surface area contributed by atoms with Crippen LogP contribution in [0, 0.1) is 0 Å². The number of carbonyl (C=O) groups excluding carboxylic acids is 3. The van der Waals surface area contributed by atoms with Gasteiger partial charge < -0.3 is 9.47 Å². The molecule has 0 aromatic heterocycles. The summed E-state index contributed by atoms with van der Waals surface area (Å²) in [6, 6.07) is 14.0. The molecule has 0 aliphatic carbocycles. The van der Waals surface area contributed by atoms with Crippen molar-refractivity contribution in [2.24, 2.45) is 0 Å². The van der Waals surface area contributed by atoms with E-state index in [9.17, 15) is 14.4 Å². The Kier molecular flexibility index (Phi) is 8.84. The predicted molar refractivity (Wildman–Crippen MR) is 122 cm³/mol. The Morgan fingerprint density at radius 3 is 1.78 bits per heavy atom. The second kappa shape index (κ2) is 12.0. The third-order valence-corrected chi connectivity index (χ3v) is 5.68. The lowest BCUT2D eigenvalue weighted by Gasteiger charge is -2.13. The maximum absolute atomic E-state index is 12.3. The Bertz CT molecular complexity index is 887. The first-order valence-corrected chi connectivity index (χ1v) is 11.4. The SMILES string of the molecule is COc1ccc(OC(=O)CCCCCCCCCCN2C(=O)c3ccccc3C2=O)cc1. The topological polar surface area (TPSA) is 72.9 Å². The van der Waals surface area contributed by atoms with Crippen molar-refractivity contribution in [1.29, 1.82) is 0 Å². The monoisotopic (exact) mass is 437 g/mol. The molecule has 2 amide bonds. The molecule has 6 nitrogen and oxygen atoms in total. The van der Waals surface area contributed by atoms with Gasteiger partial charge in [-0.3, -0.25) is 19.3 Å². The molecule has 1 heterocycles. The number of carbonyl (C=O) groups is 3. The molecule has 0 fully saturated rings. The van der Waals surface area contributed by atoms with Crippen LogP contribution in [0.1, 0.15) is 78.5 Å². The molecule has 2 aromatic rings. The van der Waals surface area contributed by atoms with Crippen LogP contribution in [0.2, 0.25) is 0 Å². The van der Waals surface area contributed by atoms with Gasteiger partial charge in [-0.1, -0.05) is 50.7 Å². The quantitative estimate of drug-likeness (QED) is 0.181. The lowest BCUT2D eigenvalue weighted by Crippen LogP contribution is -2.30. The summed E-state index contributed by atoms with van der Waals surface area (Å²) in [7, 11) is 1.60. The van der Waals surface area contributed by atoms with Gasteiger partial charge in [-0.25, -0.2) is 0 Å². The number of esters is 1. The van der Waals surface area contributed by atoms with Gasteiger partial charge in [-0.2, -0.15) is 0 Å². The van der Waals surface area contributed by atoms with E-state index in [1.807, 2.05) is 0 Å². The summed E-state index contributed by atoms with van der Waals surface area (Å²) in [6.45, 7) is 0.489. The second-order valence-corrected chi connectivity index (χ2v) is 8.04. The van der Waals surface area contributed by atoms with Crippen molar-refractivity contribution in [3.63, 3.8) is 0 Å². The maximum Gasteiger partial charge on any atom is 0.311 e. The van der Waals surface area contributed by atoms with Crippen molar-refractivity contribution >= 4 is 17.8 Å². The zero-order valence-corrected chi connectivity index (χ0v) is 18.7. The molecule has 0 saturated heterocycles. The van der Waals surface area contributed by atoms with Gasteiger partial charge in [-0.05, 0) is 49.2 Å². The van der Waals surface area contributed by atoms with E-state index < -0.39 is 0 Å². The third-order valence-electron chi connectivity index (χ3n) is 5.68. The maximum atomic E-state index is 12.3. The minimum atomic E-state index is -0.205. The molecular weight excluding hydrogens is 406 g/mol. The lowest BCUT2D eigenvalue weighted by molar-refractivity contribution is -0.134. The van der Waals surface area contributed by atoms with Crippen LogP contribution in [-0.2, 0) is 4.79 Å². The molecule has 170 valence electrons. The van der Waals surface area contributed by atoms with E-state index in [-0.39, 0.29) is 17.8 Å². The van der Waals surface area contributed by atoms with Crippen LogP contribution in [-0.4, -0.2) is 36.3 Å². The van der Waals surface area contributed by atoms with Crippen molar-refractivity contribution in [2.45, 2.75) is 57.8 Å². The van der Waals surface area contributed by atoms with Gasteiger partial charge in [0.15, 0.2) is 0 Å². The molecule has 0 unspecified atom stereocenters. The van der Waals surface area contributed by atoms with Crippen LogP contribution in [0.25, 0.3) is 0 Å². The van der Waals surface area contributed by atoms with Crippen molar-refractivity contribution in [2.75, 3.05) is 13.7 Å². The molecule has 0 N–H and O–H groups in total. The number of rotatable bonds is 13. The summed E-state index contributed by atoms with van der Waals surface area (Å²) >= 11 is 0. The standard InChI is InChI=1S/C26H31NO5/c1-31-20-15-17-21(18-16-20)32-24(28)14-8-6-4-2-3-5-7-11-19-27-25(29)22-12-9-10-13-23(22)26(27)30/h9-10,12-13,15-18H,2-8,11,14,19H2,1H3. The minimum absolute atomic E-state index is 0.170. The Morgan fingerprint density at radius 2 is 1.22 bits per heavy atom. The highest BCUT2D eigenvalue weighted by molar-refractivity contribution is 6.21. The highest BCUT2D eigenvalue weighted by Crippen LogP contribution is 2.23. The number of fused-ring (bicyclic) bond motifs is 1. The van der Waals surface area contributed by atoms with Crippen LogP contribution < -0.4 is 9.47 Å². The van der Waals surface area contributed by atoms with Gasteiger partial charge >= 0.3 is 5.97 Å². The first-order valence-electron chi connectivity index (χ1n) is 11.4. The van der Waals surface area contributed by atoms with Crippen LogP contribution in [0.15, 0.2) is 48.5 Å². The van der Waals surface area contributed by atoms with Crippen LogP contribution >= 0.6 is 0 Å². The largest absolute Gasteiger partial charge is 0.497 e. The molecule has 2 aromatic carbocycles. The number of imide groups is 1. The van der Waals surface area contributed by atoms with Gasteiger partial charge in [0, 0.05) is 13.0 Å². The van der Waals surface area contributed by atoms with Gasteiger partial charge in [-0.15, -0.1) is 0 Å². The smallest absolute Gasteiger partial charge is 0.311 e. The lowest BCUT2D eigenvalue weighted by atomic mass is 10.1. The van der Waals surface area contributed by atoms with Crippen molar-refractivity contribution in [1.82, 2.24) is 4.90 Å². The second-order valence-electron chi connectivity index (χ2n) is 8.04. The first kappa shape index (κ1) is 23.5. The van der Waals surface area contributed by atoms with E-state index in [1.165, 1.54) is 4.90 Å². The Hall–Kier alpha value is -3.15. The fraction of sp³-hybridized carbons (Fsp3) is 0.423. The number of nitrogens with zero attached hydrogens (tertiary/aromatic N) is 1. The number of amides is 2. The van der Waals surface area contributed by atoms with Crippen molar-refractivity contribution in [3.05, 3.63) is 59.7 Å². The molecule has 0 spiro atoms. The molecule has 0 bridgehead atoms. The predicted octanol–water partition coefficient (Wildman–Crippen LogP) is 5.41. The zero-order chi connectivity index (χ0) is 22.8. The number of unbranched alkanes of at least 4 members (excludes halogenated alkanes) is 7. The van der Waals surface area contributed by atoms with E-state index in [0.29, 0.717) is 29.8 Å². The molecule has 1 aliphatic rings. The molecule has 0 saturated carbocycles. The molecular formula is C26H31NO5. The molecule has 3 rings (SSSR count). The number of hydrogen-bond donors (Lipinski definition) is 0. The van der Waals surface area contributed by atoms with Crippen molar-refractivity contribution in [3.8, 4) is 11.5 Å². The highest BCUT2D eigenvalue weighted by atomic mass is 16.5. The Labute approximate surface area is 189 Å². The fourth-order valence-electron chi connectivity index (χ4n) is 3.87. The summed E-state index contributed by atoms with van der Waals surface area (Å²) in [5.74, 6) is 0.723. The van der Waals surface area contributed by atoms with Gasteiger partial charge in [0.05, 0.1) is 18.2 Å². The average Bonchev–Trinajstić information content (AvgIpc) is 3.05. The summed E-state index contributed by atoms with van der Waals surface area (Å²) in [5, 5.41) is 0. The normalized spacial score (nSPS) is 12.7. The van der Waals surface area contributed by atoms with E-state index in [2.05, 4.69) is 0 Å². The van der Waals surface area contributed by atoms with E-state index in [1.54, 1.807) is 55.6 Å². The summed E-state index contributed by atoms with van der Waals surface area (Å²) in [6.07, 6.45) is 8.52. The zero-order valence-electron chi connectivity index (χ0n) is 18.7. The summed E-state index contributed by atoms with van der Waals surface area (Å²) in [5.41, 5.74) is 1.04.